The van der Waals surface area contributed by atoms with Crippen molar-refractivity contribution in [2.24, 2.45) is 0 Å². The summed E-state index contributed by atoms with van der Waals surface area (Å²) in [6, 6.07) is 32.3. The second-order valence-corrected chi connectivity index (χ2v) is 14.0. The van der Waals surface area contributed by atoms with Gasteiger partial charge in [-0.2, -0.15) is 0 Å². The van der Waals surface area contributed by atoms with Crippen LogP contribution in [0, 0.1) is 0 Å². The third-order valence-corrected chi connectivity index (χ3v) is 9.26. The summed E-state index contributed by atoms with van der Waals surface area (Å²) in [5.74, 6) is -0.235. The lowest BCUT2D eigenvalue weighted by molar-refractivity contribution is -0.140. The molecule has 0 saturated carbocycles. The number of rotatable bonds is 15. The molecule has 4 aromatic carbocycles. The Labute approximate surface area is 280 Å². The fourth-order valence-electron chi connectivity index (χ4n) is 4.84. The van der Waals surface area contributed by atoms with Crippen LogP contribution in [0.3, 0.4) is 0 Å². The van der Waals surface area contributed by atoms with E-state index in [0.29, 0.717) is 18.0 Å². The Morgan fingerprint density at radius 2 is 1.41 bits per heavy atom. The van der Waals surface area contributed by atoms with Crippen LogP contribution in [0.4, 0.5) is 5.69 Å². The average Bonchev–Trinajstić information content (AvgIpc) is 3.05. The minimum absolute atomic E-state index is 0.106. The first-order valence-electron chi connectivity index (χ1n) is 15.2. The van der Waals surface area contributed by atoms with E-state index in [4.69, 9.17) is 4.74 Å². The van der Waals surface area contributed by atoms with Crippen LogP contribution in [0.15, 0.2) is 114 Å². The quantitative estimate of drug-likeness (QED) is 0.156. The molecule has 2 atom stereocenters. The van der Waals surface area contributed by atoms with Gasteiger partial charge in [-0.05, 0) is 66.4 Å². The van der Waals surface area contributed by atoms with Crippen LogP contribution < -0.4 is 14.4 Å². The van der Waals surface area contributed by atoms with Crippen LogP contribution in [0.1, 0.15) is 37.0 Å². The predicted molar refractivity (Wildman–Crippen MR) is 186 cm³/mol. The first-order chi connectivity index (χ1) is 22.0. The summed E-state index contributed by atoms with van der Waals surface area (Å²) >= 11 is 3.45. The Kier molecular flexibility index (Phi) is 12.4. The molecule has 0 saturated heterocycles. The number of amides is 2. The number of hydrogen-bond acceptors (Lipinski definition) is 5. The molecule has 0 radical (unpaired) electrons. The molecule has 2 amide bonds. The minimum Gasteiger partial charge on any atom is -0.489 e. The van der Waals surface area contributed by atoms with Gasteiger partial charge in [0.1, 0.15) is 24.9 Å². The van der Waals surface area contributed by atoms with Crippen LogP contribution in [0.2, 0.25) is 0 Å². The zero-order valence-corrected chi connectivity index (χ0v) is 28.7. The number of anilines is 1. The third-order valence-electron chi connectivity index (χ3n) is 7.59. The van der Waals surface area contributed by atoms with E-state index in [-0.39, 0.29) is 24.9 Å². The van der Waals surface area contributed by atoms with Gasteiger partial charge in [0.2, 0.25) is 21.8 Å². The van der Waals surface area contributed by atoms with Crippen molar-refractivity contribution in [3.8, 4) is 5.75 Å². The van der Waals surface area contributed by atoms with Crippen LogP contribution in [-0.4, -0.2) is 50.0 Å². The number of ether oxygens (including phenoxy) is 1. The number of carbonyl (C=O) groups excluding carboxylic acids is 2. The molecule has 0 fully saturated rings. The number of halogens is 1. The molecule has 1 N–H and O–H groups in total. The molecule has 0 aliphatic carbocycles. The molecule has 8 nitrogen and oxygen atoms in total. The van der Waals surface area contributed by atoms with Gasteiger partial charge in [0.15, 0.2) is 0 Å². The maximum absolute atomic E-state index is 14.3. The smallest absolute Gasteiger partial charge is 0.244 e. The number of nitrogens with zero attached hydrogens (tertiary/aromatic N) is 2. The van der Waals surface area contributed by atoms with E-state index < -0.39 is 28.5 Å². The zero-order valence-electron chi connectivity index (χ0n) is 26.3. The molecule has 0 aromatic heterocycles. The number of sulfonamides is 1. The molecule has 4 aromatic rings. The van der Waals surface area contributed by atoms with Crippen LogP contribution in [0.25, 0.3) is 0 Å². The molecule has 0 heterocycles. The van der Waals surface area contributed by atoms with Crippen molar-refractivity contribution < 1.29 is 22.7 Å². The molecule has 0 spiro atoms. The molecule has 0 bridgehead atoms. The van der Waals surface area contributed by atoms with Crippen molar-refractivity contribution >= 4 is 43.5 Å². The molecule has 0 aliphatic rings. The molecule has 242 valence electrons. The van der Waals surface area contributed by atoms with E-state index in [1.54, 1.807) is 24.3 Å². The van der Waals surface area contributed by atoms with Gasteiger partial charge < -0.3 is 15.0 Å². The second-order valence-electron chi connectivity index (χ2n) is 11.2. The Balaban J connectivity index is 1.64. The third kappa shape index (κ3) is 10.2. The van der Waals surface area contributed by atoms with Crippen molar-refractivity contribution in [2.45, 2.75) is 51.9 Å². The van der Waals surface area contributed by atoms with Crippen LogP contribution in [0.5, 0.6) is 5.75 Å². The van der Waals surface area contributed by atoms with E-state index in [9.17, 15) is 18.0 Å². The average molecular weight is 707 g/mol. The molecule has 4 rings (SSSR count). The maximum atomic E-state index is 14.3. The summed E-state index contributed by atoms with van der Waals surface area (Å²) in [6.45, 7) is 3.88. The molecule has 10 heteroatoms. The summed E-state index contributed by atoms with van der Waals surface area (Å²) in [6.07, 6.45) is 2.05. The van der Waals surface area contributed by atoms with E-state index in [2.05, 4.69) is 21.2 Å². The molecule has 0 unspecified atom stereocenters. The SMILES string of the molecule is CC[C@@H](C)NC(=O)[C@@H](Cc1ccccc1)N(Cc1ccc(Br)cc1)C(=O)CN(c1ccc(OCc2ccccc2)cc1)S(C)(=O)=O. The normalized spacial score (nSPS) is 12.5. The Morgan fingerprint density at radius 1 is 0.826 bits per heavy atom. The highest BCUT2D eigenvalue weighted by Gasteiger charge is 2.33. The van der Waals surface area contributed by atoms with Crippen LogP contribution >= 0.6 is 15.9 Å². The fourth-order valence-corrected chi connectivity index (χ4v) is 5.96. The van der Waals surface area contributed by atoms with E-state index in [0.717, 1.165) is 38.1 Å². The van der Waals surface area contributed by atoms with Crippen molar-refractivity contribution in [1.29, 1.82) is 0 Å². The van der Waals surface area contributed by atoms with Gasteiger partial charge in [0.05, 0.1) is 11.9 Å². The van der Waals surface area contributed by atoms with Crippen molar-refractivity contribution in [2.75, 3.05) is 17.1 Å². The minimum atomic E-state index is -3.88. The van der Waals surface area contributed by atoms with Gasteiger partial charge in [-0.25, -0.2) is 8.42 Å². The molecule has 46 heavy (non-hydrogen) atoms. The highest BCUT2D eigenvalue weighted by molar-refractivity contribution is 9.10. The number of carbonyl (C=O) groups is 2. The van der Waals surface area contributed by atoms with E-state index in [1.165, 1.54) is 4.90 Å². The summed E-state index contributed by atoms with van der Waals surface area (Å²) in [4.78, 5) is 29.6. The lowest BCUT2D eigenvalue weighted by atomic mass is 10.0. The second kappa shape index (κ2) is 16.4. The van der Waals surface area contributed by atoms with Crippen molar-refractivity contribution in [3.05, 3.63) is 130 Å². The number of hydrogen-bond donors (Lipinski definition) is 1. The van der Waals surface area contributed by atoms with Gasteiger partial charge >= 0.3 is 0 Å². The number of benzene rings is 4. The molecular weight excluding hydrogens is 666 g/mol. The maximum Gasteiger partial charge on any atom is 0.244 e. The first-order valence-corrected chi connectivity index (χ1v) is 17.8. The standard InChI is InChI=1S/C36H40BrN3O5S/c1-4-27(2)38-36(42)34(23-28-11-7-5-8-12-28)39(24-29-15-17-31(37)18-16-29)35(41)25-40(46(3,43)44)32-19-21-33(22-20-32)45-26-30-13-9-6-10-14-30/h5-22,27,34H,4,23-26H2,1-3H3,(H,38,42)/t27-,34-/m1/s1. The topological polar surface area (TPSA) is 96.0 Å². The van der Waals surface area contributed by atoms with Gasteiger partial charge in [0, 0.05) is 23.5 Å². The lowest BCUT2D eigenvalue weighted by Crippen LogP contribution is -2.54. The molecule has 0 aliphatic heterocycles. The highest BCUT2D eigenvalue weighted by Crippen LogP contribution is 2.24. The first kappa shape index (κ1) is 34.7. The van der Waals surface area contributed by atoms with Crippen molar-refractivity contribution in [3.63, 3.8) is 0 Å². The zero-order chi connectivity index (χ0) is 33.1. The largest absolute Gasteiger partial charge is 0.489 e. The number of nitrogens with one attached hydrogen (secondary N) is 1. The summed E-state index contributed by atoms with van der Waals surface area (Å²) in [5.41, 5.74) is 3.00. The van der Waals surface area contributed by atoms with Gasteiger partial charge in [0.25, 0.3) is 0 Å². The van der Waals surface area contributed by atoms with Crippen molar-refractivity contribution in [1.82, 2.24) is 10.2 Å². The van der Waals surface area contributed by atoms with E-state index >= 15 is 0 Å². The Bertz CT molecular complexity index is 1670. The Hall–Kier alpha value is -4.15. The lowest BCUT2D eigenvalue weighted by Gasteiger charge is -2.34. The monoisotopic (exact) mass is 705 g/mol. The van der Waals surface area contributed by atoms with Gasteiger partial charge in [-0.3, -0.25) is 13.9 Å². The molecular formula is C36H40BrN3O5S. The predicted octanol–water partition coefficient (Wildman–Crippen LogP) is 6.35. The van der Waals surface area contributed by atoms with Crippen LogP contribution in [-0.2, 0) is 39.2 Å². The summed E-state index contributed by atoms with van der Waals surface area (Å²) < 4.78 is 34.0. The Morgan fingerprint density at radius 3 is 1.98 bits per heavy atom. The fraction of sp³-hybridized carbons (Fsp3) is 0.278. The summed E-state index contributed by atoms with van der Waals surface area (Å²) in [7, 11) is -3.88. The van der Waals surface area contributed by atoms with Gasteiger partial charge in [-0.15, -0.1) is 0 Å². The van der Waals surface area contributed by atoms with Gasteiger partial charge in [-0.1, -0.05) is 95.7 Å². The summed E-state index contributed by atoms with van der Waals surface area (Å²) in [5, 5.41) is 3.04. The highest BCUT2D eigenvalue weighted by atomic mass is 79.9. The van der Waals surface area contributed by atoms with E-state index in [1.807, 2.05) is 98.8 Å².